The number of rotatable bonds is 2. The summed E-state index contributed by atoms with van der Waals surface area (Å²) in [5.41, 5.74) is 1.87. The van der Waals surface area contributed by atoms with Crippen molar-refractivity contribution < 1.29 is 19.8 Å². The van der Waals surface area contributed by atoms with Crippen LogP contribution in [0.2, 0.25) is 0 Å². The highest BCUT2D eigenvalue weighted by molar-refractivity contribution is 5.95. The molecule has 84 valence electrons. The highest BCUT2D eigenvalue weighted by Crippen LogP contribution is 2.32. The van der Waals surface area contributed by atoms with Crippen LogP contribution in [0.4, 0.5) is 0 Å². The fourth-order valence-electron chi connectivity index (χ4n) is 2.33. The molecule has 1 aliphatic carbocycles. The number of hydrogen-bond donors (Lipinski definition) is 2. The van der Waals surface area contributed by atoms with E-state index in [9.17, 15) is 9.59 Å². The summed E-state index contributed by atoms with van der Waals surface area (Å²) < 4.78 is 0. The third-order valence-corrected chi connectivity index (χ3v) is 3.00. The van der Waals surface area contributed by atoms with Crippen molar-refractivity contribution in [3.8, 4) is 0 Å². The molecule has 16 heavy (non-hydrogen) atoms. The molecule has 0 aliphatic heterocycles. The Morgan fingerprint density at radius 1 is 1.06 bits per heavy atom. The second-order valence-electron chi connectivity index (χ2n) is 4.24. The van der Waals surface area contributed by atoms with E-state index in [0.29, 0.717) is 29.9 Å². The molecule has 0 atom stereocenters. The van der Waals surface area contributed by atoms with Crippen molar-refractivity contribution in [2.45, 2.75) is 19.8 Å². The topological polar surface area (TPSA) is 74.6 Å². The van der Waals surface area contributed by atoms with Crippen molar-refractivity contribution >= 4 is 11.9 Å². The molecule has 4 nitrogen and oxygen atoms in total. The molecule has 0 aromatic heterocycles. The number of carboxylic acids is 2. The van der Waals surface area contributed by atoms with E-state index in [2.05, 4.69) is 0 Å². The number of carbonyl (C=O) groups is 2. The summed E-state index contributed by atoms with van der Waals surface area (Å²) in [6.07, 6.45) is 1.30. The van der Waals surface area contributed by atoms with Gasteiger partial charge in [-0.25, -0.2) is 9.59 Å². The van der Waals surface area contributed by atoms with Gasteiger partial charge < -0.3 is 10.2 Å². The third-order valence-electron chi connectivity index (χ3n) is 3.00. The van der Waals surface area contributed by atoms with Gasteiger partial charge in [0.25, 0.3) is 0 Å². The first-order valence-corrected chi connectivity index (χ1v) is 5.12. The lowest BCUT2D eigenvalue weighted by Gasteiger charge is -2.07. The van der Waals surface area contributed by atoms with Gasteiger partial charge in [0.1, 0.15) is 0 Å². The Hall–Kier alpha value is -1.84. The Bertz CT molecular complexity index is 433. The van der Waals surface area contributed by atoms with Crippen LogP contribution in [0.25, 0.3) is 0 Å². The van der Waals surface area contributed by atoms with Crippen LogP contribution in [0, 0.1) is 5.92 Å². The van der Waals surface area contributed by atoms with Crippen LogP contribution in [0.15, 0.2) is 12.1 Å². The average molecular weight is 220 g/mol. The Kier molecular flexibility index (Phi) is 2.42. The Labute approximate surface area is 92.5 Å². The van der Waals surface area contributed by atoms with Crippen LogP contribution in [-0.4, -0.2) is 22.2 Å². The molecule has 0 saturated carbocycles. The summed E-state index contributed by atoms with van der Waals surface area (Å²) in [7, 11) is 0. The van der Waals surface area contributed by atoms with Gasteiger partial charge in [-0.05, 0) is 42.0 Å². The van der Waals surface area contributed by atoms with E-state index in [1.165, 1.54) is 12.1 Å². The molecule has 1 aromatic rings. The van der Waals surface area contributed by atoms with Crippen LogP contribution < -0.4 is 0 Å². The van der Waals surface area contributed by atoms with Crippen LogP contribution >= 0.6 is 0 Å². The number of hydrogen-bond acceptors (Lipinski definition) is 2. The number of aromatic carboxylic acids is 2. The monoisotopic (exact) mass is 220 g/mol. The maximum Gasteiger partial charge on any atom is 0.335 e. The molecular formula is C12H12O4. The van der Waals surface area contributed by atoms with Gasteiger partial charge in [-0.15, -0.1) is 0 Å². The summed E-state index contributed by atoms with van der Waals surface area (Å²) in [5.74, 6) is -1.65. The van der Waals surface area contributed by atoms with Crippen molar-refractivity contribution in [3.05, 3.63) is 34.4 Å². The van der Waals surface area contributed by atoms with Gasteiger partial charge in [0.2, 0.25) is 0 Å². The Balaban J connectivity index is 2.63. The maximum absolute atomic E-state index is 11.0. The highest BCUT2D eigenvalue weighted by Gasteiger charge is 2.27. The van der Waals surface area contributed by atoms with Gasteiger partial charge in [0, 0.05) is 0 Å². The zero-order valence-electron chi connectivity index (χ0n) is 8.86. The van der Waals surface area contributed by atoms with Crippen LogP contribution in [0.1, 0.15) is 38.8 Å². The van der Waals surface area contributed by atoms with Crippen LogP contribution in [0.3, 0.4) is 0 Å². The van der Waals surface area contributed by atoms with E-state index >= 15 is 0 Å². The Morgan fingerprint density at radius 2 is 1.44 bits per heavy atom. The summed E-state index contributed by atoms with van der Waals surface area (Å²) in [6.45, 7) is 2.00. The van der Waals surface area contributed by atoms with Crippen molar-refractivity contribution in [1.29, 1.82) is 0 Å². The molecule has 0 fully saturated rings. The molecule has 0 bridgehead atoms. The molecule has 0 heterocycles. The summed E-state index contributed by atoms with van der Waals surface area (Å²) in [5, 5.41) is 18.0. The van der Waals surface area contributed by atoms with Gasteiger partial charge in [0.05, 0.1) is 11.1 Å². The lowest BCUT2D eigenvalue weighted by Crippen LogP contribution is -2.07. The SMILES string of the molecule is CC1Cc2c(C(=O)O)ccc(C(=O)O)c2C1. The smallest absolute Gasteiger partial charge is 0.335 e. The third kappa shape index (κ3) is 1.56. The van der Waals surface area contributed by atoms with Crippen molar-refractivity contribution in [2.24, 2.45) is 5.92 Å². The predicted molar refractivity (Wildman–Crippen MR) is 56.9 cm³/mol. The first-order chi connectivity index (χ1) is 7.50. The first-order valence-electron chi connectivity index (χ1n) is 5.12. The normalized spacial score (nSPS) is 14.8. The second-order valence-corrected chi connectivity index (χ2v) is 4.24. The van der Waals surface area contributed by atoms with E-state index < -0.39 is 11.9 Å². The van der Waals surface area contributed by atoms with E-state index in [1.54, 1.807) is 0 Å². The molecule has 2 N–H and O–H groups in total. The van der Waals surface area contributed by atoms with E-state index in [0.717, 1.165) is 0 Å². The fraction of sp³-hybridized carbons (Fsp3) is 0.333. The largest absolute Gasteiger partial charge is 0.478 e. The lowest BCUT2D eigenvalue weighted by molar-refractivity contribution is 0.0679. The molecular weight excluding hydrogens is 208 g/mol. The van der Waals surface area contributed by atoms with Crippen LogP contribution in [-0.2, 0) is 12.8 Å². The van der Waals surface area contributed by atoms with E-state index in [-0.39, 0.29) is 11.1 Å². The van der Waals surface area contributed by atoms with Crippen molar-refractivity contribution in [3.63, 3.8) is 0 Å². The first kappa shape index (κ1) is 10.7. The van der Waals surface area contributed by atoms with E-state index in [1.807, 2.05) is 6.92 Å². The Morgan fingerprint density at radius 3 is 1.75 bits per heavy atom. The second kappa shape index (κ2) is 3.63. The predicted octanol–water partition coefficient (Wildman–Crippen LogP) is 1.82. The minimum atomic E-state index is -0.984. The molecule has 0 saturated heterocycles. The molecule has 4 heteroatoms. The standard InChI is InChI=1S/C12H12O4/c1-6-4-9-7(11(13)14)2-3-8(12(15)16)10(9)5-6/h2-3,6H,4-5H2,1H3,(H,13,14)(H,15,16). The van der Waals surface area contributed by atoms with Crippen molar-refractivity contribution in [1.82, 2.24) is 0 Å². The average Bonchev–Trinajstić information content (AvgIpc) is 2.56. The highest BCUT2D eigenvalue weighted by atomic mass is 16.4. The number of fused-ring (bicyclic) bond motifs is 1. The van der Waals surface area contributed by atoms with Gasteiger partial charge in [-0.3, -0.25) is 0 Å². The quantitative estimate of drug-likeness (QED) is 0.797. The van der Waals surface area contributed by atoms with Gasteiger partial charge in [0.15, 0.2) is 0 Å². The molecule has 0 amide bonds. The van der Waals surface area contributed by atoms with Gasteiger partial charge >= 0.3 is 11.9 Å². The van der Waals surface area contributed by atoms with E-state index in [4.69, 9.17) is 10.2 Å². The molecule has 1 aliphatic rings. The minimum Gasteiger partial charge on any atom is -0.478 e. The number of benzene rings is 1. The van der Waals surface area contributed by atoms with Crippen LogP contribution in [0.5, 0.6) is 0 Å². The molecule has 0 unspecified atom stereocenters. The summed E-state index contributed by atoms with van der Waals surface area (Å²) >= 11 is 0. The lowest BCUT2D eigenvalue weighted by atomic mass is 9.98. The summed E-state index contributed by atoms with van der Waals surface area (Å²) in [4.78, 5) is 22.0. The summed E-state index contributed by atoms with van der Waals surface area (Å²) in [6, 6.07) is 2.78. The number of carboxylic acid groups (broad SMARTS) is 2. The zero-order valence-corrected chi connectivity index (χ0v) is 8.86. The molecule has 1 aromatic carbocycles. The zero-order chi connectivity index (χ0) is 11.9. The van der Waals surface area contributed by atoms with Gasteiger partial charge in [-0.2, -0.15) is 0 Å². The van der Waals surface area contributed by atoms with Crippen molar-refractivity contribution in [2.75, 3.05) is 0 Å². The maximum atomic E-state index is 11.0. The minimum absolute atomic E-state index is 0.240. The molecule has 0 radical (unpaired) electrons. The van der Waals surface area contributed by atoms with Gasteiger partial charge in [-0.1, -0.05) is 6.92 Å². The fourth-order valence-corrected chi connectivity index (χ4v) is 2.33. The molecule has 0 spiro atoms. The molecule has 2 rings (SSSR count).